The number of hydrogen-bond acceptors (Lipinski definition) is 3. The lowest BCUT2D eigenvalue weighted by molar-refractivity contribution is 0.200. The molecule has 1 aliphatic heterocycles. The van der Waals surface area contributed by atoms with E-state index in [9.17, 15) is 0 Å². The number of nitrogens with one attached hydrogen (secondary N) is 1. The Bertz CT molecular complexity index is 539. The Morgan fingerprint density at radius 3 is 2.24 bits per heavy atom. The van der Waals surface area contributed by atoms with Crippen LogP contribution in [0.15, 0.2) is 41.8 Å². The van der Waals surface area contributed by atoms with Crippen LogP contribution in [0.3, 0.4) is 0 Å². The summed E-state index contributed by atoms with van der Waals surface area (Å²) in [5.41, 5.74) is 2.84. The van der Waals surface area contributed by atoms with E-state index >= 15 is 0 Å². The molecule has 0 radical (unpaired) electrons. The molecule has 0 amide bonds. The number of nitrogens with zero attached hydrogens (tertiary/aromatic N) is 1. The highest BCUT2D eigenvalue weighted by atomic mass is 32.1. The lowest BCUT2D eigenvalue weighted by Crippen LogP contribution is -2.45. The minimum absolute atomic E-state index is 0.410. The molecule has 2 aromatic rings. The molecule has 1 unspecified atom stereocenters. The number of thiophene rings is 1. The third-order valence-electron chi connectivity index (χ3n) is 4.25. The van der Waals surface area contributed by atoms with Crippen molar-refractivity contribution in [3.8, 4) is 0 Å². The molecule has 0 bridgehead atoms. The molecule has 112 valence electrons. The predicted molar refractivity (Wildman–Crippen MR) is 91.1 cm³/mol. The fraction of sp³-hybridized carbons (Fsp3) is 0.444. The quantitative estimate of drug-likeness (QED) is 0.922. The number of hydrogen-bond donors (Lipinski definition) is 1. The highest BCUT2D eigenvalue weighted by Gasteiger charge is 2.24. The van der Waals surface area contributed by atoms with E-state index < -0.39 is 0 Å². The molecule has 1 fully saturated rings. The first-order chi connectivity index (χ1) is 10.3. The molecule has 2 heterocycles. The van der Waals surface area contributed by atoms with Crippen molar-refractivity contribution in [3.63, 3.8) is 0 Å². The maximum absolute atomic E-state index is 3.45. The van der Waals surface area contributed by atoms with Crippen molar-refractivity contribution in [2.75, 3.05) is 26.2 Å². The lowest BCUT2D eigenvalue weighted by Gasteiger charge is -2.35. The molecule has 21 heavy (non-hydrogen) atoms. The van der Waals surface area contributed by atoms with Gasteiger partial charge in [-0.25, -0.2) is 0 Å². The van der Waals surface area contributed by atoms with Crippen LogP contribution in [-0.4, -0.2) is 31.1 Å². The summed E-state index contributed by atoms with van der Waals surface area (Å²) in [6.07, 6.45) is 0. The van der Waals surface area contributed by atoms with Crippen LogP contribution in [0.4, 0.5) is 0 Å². The van der Waals surface area contributed by atoms with Gasteiger partial charge in [-0.3, -0.25) is 4.90 Å². The molecule has 1 atom stereocenters. The first kappa shape index (κ1) is 14.8. The van der Waals surface area contributed by atoms with Gasteiger partial charge >= 0.3 is 0 Å². The monoisotopic (exact) mass is 300 g/mol. The van der Waals surface area contributed by atoms with Crippen molar-refractivity contribution < 1.29 is 0 Å². The zero-order valence-electron chi connectivity index (χ0n) is 12.9. The molecule has 3 heteroatoms. The van der Waals surface area contributed by atoms with E-state index in [1.165, 1.54) is 16.0 Å². The largest absolute Gasteiger partial charge is 0.314 e. The molecule has 2 nitrogen and oxygen atoms in total. The summed E-state index contributed by atoms with van der Waals surface area (Å²) < 4.78 is 0. The molecule has 1 aliphatic rings. The van der Waals surface area contributed by atoms with Crippen LogP contribution in [0.1, 0.15) is 41.8 Å². The number of rotatable bonds is 4. The Kier molecular flexibility index (Phi) is 4.73. The minimum atomic E-state index is 0.410. The minimum Gasteiger partial charge on any atom is -0.314 e. The molecule has 3 rings (SSSR count). The first-order valence-electron chi connectivity index (χ1n) is 7.84. The maximum atomic E-state index is 3.45. The van der Waals surface area contributed by atoms with Gasteiger partial charge in [-0.1, -0.05) is 44.2 Å². The third kappa shape index (κ3) is 3.37. The van der Waals surface area contributed by atoms with Gasteiger partial charge in [-0.2, -0.15) is 0 Å². The topological polar surface area (TPSA) is 15.3 Å². The number of piperazine rings is 1. The van der Waals surface area contributed by atoms with Gasteiger partial charge in [0.15, 0.2) is 0 Å². The second-order valence-corrected chi connectivity index (χ2v) is 7.00. The average molecular weight is 300 g/mol. The first-order valence-corrected chi connectivity index (χ1v) is 8.71. The average Bonchev–Trinajstić information content (AvgIpc) is 3.03. The summed E-state index contributed by atoms with van der Waals surface area (Å²) in [7, 11) is 0. The Hall–Kier alpha value is -1.16. The summed E-state index contributed by atoms with van der Waals surface area (Å²) in [6.45, 7) is 8.92. The summed E-state index contributed by atoms with van der Waals surface area (Å²) in [5, 5.41) is 5.64. The molecule has 1 aromatic heterocycles. The van der Waals surface area contributed by atoms with E-state index in [1.54, 1.807) is 0 Å². The van der Waals surface area contributed by atoms with E-state index in [-0.39, 0.29) is 0 Å². The van der Waals surface area contributed by atoms with Gasteiger partial charge in [0, 0.05) is 31.1 Å². The molecular formula is C18H24N2S. The van der Waals surface area contributed by atoms with Gasteiger partial charge in [0.05, 0.1) is 6.04 Å². The van der Waals surface area contributed by atoms with Gasteiger partial charge in [0.25, 0.3) is 0 Å². The summed E-state index contributed by atoms with van der Waals surface area (Å²) in [6, 6.07) is 14.1. The van der Waals surface area contributed by atoms with E-state index in [0.717, 1.165) is 26.2 Å². The molecule has 1 saturated heterocycles. The van der Waals surface area contributed by atoms with Crippen LogP contribution in [0.25, 0.3) is 0 Å². The standard InChI is InChI=1S/C18H24N2S/c1-14(2)15-5-7-16(8-6-15)18(17-4-3-13-21-17)20-11-9-19-10-12-20/h3-8,13-14,18-19H,9-12H2,1-2H3. The van der Waals surface area contributed by atoms with Gasteiger partial charge in [0.2, 0.25) is 0 Å². The van der Waals surface area contributed by atoms with Crippen molar-refractivity contribution in [1.29, 1.82) is 0 Å². The normalized spacial score (nSPS) is 18.0. The third-order valence-corrected chi connectivity index (χ3v) is 5.17. The second kappa shape index (κ2) is 6.73. The van der Waals surface area contributed by atoms with E-state index in [0.29, 0.717) is 12.0 Å². The van der Waals surface area contributed by atoms with Crippen LogP contribution < -0.4 is 5.32 Å². The van der Waals surface area contributed by atoms with E-state index in [2.05, 4.69) is 65.8 Å². The van der Waals surface area contributed by atoms with E-state index in [4.69, 9.17) is 0 Å². The van der Waals surface area contributed by atoms with Crippen LogP contribution in [0, 0.1) is 0 Å². The van der Waals surface area contributed by atoms with Crippen LogP contribution in [-0.2, 0) is 0 Å². The van der Waals surface area contributed by atoms with Crippen LogP contribution in [0.2, 0.25) is 0 Å². The smallest absolute Gasteiger partial charge is 0.0696 e. The SMILES string of the molecule is CC(C)c1ccc(C(c2cccs2)N2CCNCC2)cc1. The van der Waals surface area contributed by atoms with Gasteiger partial charge in [0.1, 0.15) is 0 Å². The molecule has 0 saturated carbocycles. The van der Waals surface area contributed by atoms with Gasteiger partial charge < -0.3 is 5.32 Å². The fourth-order valence-corrected chi connectivity index (χ4v) is 3.89. The molecule has 0 aliphatic carbocycles. The molecule has 1 aromatic carbocycles. The van der Waals surface area contributed by atoms with Crippen molar-refractivity contribution in [2.24, 2.45) is 0 Å². The van der Waals surface area contributed by atoms with Crippen molar-refractivity contribution in [2.45, 2.75) is 25.8 Å². The fourth-order valence-electron chi connectivity index (χ4n) is 3.01. The summed E-state index contributed by atoms with van der Waals surface area (Å²) in [5.74, 6) is 0.596. The van der Waals surface area contributed by atoms with Crippen LogP contribution >= 0.6 is 11.3 Å². The van der Waals surface area contributed by atoms with E-state index in [1.807, 2.05) is 11.3 Å². The maximum Gasteiger partial charge on any atom is 0.0696 e. The highest BCUT2D eigenvalue weighted by molar-refractivity contribution is 7.10. The Balaban J connectivity index is 1.91. The van der Waals surface area contributed by atoms with Gasteiger partial charge in [-0.05, 0) is 28.5 Å². The van der Waals surface area contributed by atoms with Crippen molar-refractivity contribution >= 4 is 11.3 Å². The second-order valence-electron chi connectivity index (χ2n) is 6.03. The Morgan fingerprint density at radius 1 is 1.00 bits per heavy atom. The van der Waals surface area contributed by atoms with Crippen molar-refractivity contribution in [3.05, 3.63) is 57.8 Å². The van der Waals surface area contributed by atoms with Gasteiger partial charge in [-0.15, -0.1) is 11.3 Å². The lowest BCUT2D eigenvalue weighted by atomic mass is 9.97. The zero-order chi connectivity index (χ0) is 14.7. The molecule has 0 spiro atoms. The Labute approximate surface area is 131 Å². The Morgan fingerprint density at radius 2 is 1.67 bits per heavy atom. The number of benzene rings is 1. The predicted octanol–water partition coefficient (Wildman–Crippen LogP) is 3.87. The van der Waals surface area contributed by atoms with Crippen molar-refractivity contribution in [1.82, 2.24) is 10.2 Å². The zero-order valence-corrected chi connectivity index (χ0v) is 13.7. The summed E-state index contributed by atoms with van der Waals surface area (Å²) >= 11 is 1.87. The van der Waals surface area contributed by atoms with Crippen LogP contribution in [0.5, 0.6) is 0 Å². The summed E-state index contributed by atoms with van der Waals surface area (Å²) in [4.78, 5) is 4.06. The molecule has 1 N–H and O–H groups in total. The highest BCUT2D eigenvalue weighted by Crippen LogP contribution is 2.32. The molecular weight excluding hydrogens is 276 g/mol.